The molecule has 0 atom stereocenters. The van der Waals surface area contributed by atoms with Crippen LogP contribution < -0.4 is 10.6 Å². The first kappa shape index (κ1) is 16.4. The number of hydrogen-bond donors (Lipinski definition) is 2. The lowest BCUT2D eigenvalue weighted by Crippen LogP contribution is -2.15. The van der Waals surface area contributed by atoms with E-state index in [0.29, 0.717) is 16.8 Å². The summed E-state index contributed by atoms with van der Waals surface area (Å²) in [5.74, 6) is 0.390. The number of thiazole rings is 1. The van der Waals surface area contributed by atoms with Crippen molar-refractivity contribution in [2.24, 2.45) is 0 Å². The van der Waals surface area contributed by atoms with E-state index in [4.69, 9.17) is 0 Å². The minimum Gasteiger partial charge on any atom is -0.325 e. The quantitative estimate of drug-likeness (QED) is 0.657. The van der Waals surface area contributed by atoms with Gasteiger partial charge in [-0.3, -0.25) is 4.79 Å². The third kappa shape index (κ3) is 4.30. The van der Waals surface area contributed by atoms with Gasteiger partial charge in [0, 0.05) is 22.7 Å². The molecule has 0 aliphatic rings. The highest BCUT2D eigenvalue weighted by Gasteiger charge is 2.10. The summed E-state index contributed by atoms with van der Waals surface area (Å²) in [5, 5.41) is 8.46. The number of benzene rings is 1. The maximum absolute atomic E-state index is 12.2. The zero-order chi connectivity index (χ0) is 16.8. The summed E-state index contributed by atoms with van der Waals surface area (Å²) >= 11 is 3.01. The number of thioether (sulfide) groups is 1. The van der Waals surface area contributed by atoms with Gasteiger partial charge in [0.15, 0.2) is 5.13 Å². The Hall–Kier alpha value is -2.45. The molecule has 2 heterocycles. The molecule has 0 fully saturated rings. The second kappa shape index (κ2) is 7.89. The van der Waals surface area contributed by atoms with Crippen molar-refractivity contribution < 1.29 is 4.79 Å². The second-order valence-electron chi connectivity index (χ2n) is 4.77. The molecule has 1 amide bonds. The number of rotatable bonds is 6. The number of para-hydroxylation sites is 1. The molecule has 122 valence electrons. The van der Waals surface area contributed by atoms with Crippen molar-refractivity contribution in [3.63, 3.8) is 0 Å². The number of amides is 1. The number of nitrogens with one attached hydrogen (secondary N) is 2. The second-order valence-corrected chi connectivity index (χ2v) is 6.47. The van der Waals surface area contributed by atoms with Crippen LogP contribution in [0.1, 0.15) is 5.69 Å². The standard InChI is InChI=1S/C16H15N5OS2/c1-23-13-6-3-2-5-12(13)20-14(22)9-11-10-24-16(19-11)21-15-17-7-4-8-18-15/h2-8,10H,9H2,1H3,(H,20,22)(H,17,18,19,21). The predicted octanol–water partition coefficient (Wildman–Crippen LogP) is 3.58. The summed E-state index contributed by atoms with van der Waals surface area (Å²) in [5.41, 5.74) is 1.53. The highest BCUT2D eigenvalue weighted by Crippen LogP contribution is 2.25. The molecule has 0 bridgehead atoms. The molecule has 3 rings (SSSR count). The average Bonchev–Trinajstić information content (AvgIpc) is 3.03. The van der Waals surface area contributed by atoms with E-state index in [-0.39, 0.29) is 12.3 Å². The molecule has 0 aliphatic carbocycles. The normalized spacial score (nSPS) is 10.4. The van der Waals surface area contributed by atoms with E-state index < -0.39 is 0 Å². The predicted molar refractivity (Wildman–Crippen MR) is 98.0 cm³/mol. The Morgan fingerprint density at radius 1 is 1.21 bits per heavy atom. The van der Waals surface area contributed by atoms with Crippen LogP contribution in [0, 0.1) is 0 Å². The summed E-state index contributed by atoms with van der Waals surface area (Å²) in [6.45, 7) is 0. The Bertz CT molecular complexity index is 822. The Morgan fingerprint density at radius 3 is 2.79 bits per heavy atom. The first-order valence-electron chi connectivity index (χ1n) is 7.16. The van der Waals surface area contributed by atoms with E-state index in [2.05, 4.69) is 25.6 Å². The summed E-state index contributed by atoms with van der Waals surface area (Å²) in [4.78, 5) is 25.8. The third-order valence-corrected chi connectivity index (χ3v) is 4.66. The van der Waals surface area contributed by atoms with Crippen molar-refractivity contribution in [3.05, 3.63) is 53.8 Å². The lowest BCUT2D eigenvalue weighted by molar-refractivity contribution is -0.115. The fourth-order valence-corrected chi connectivity index (χ4v) is 3.27. The molecule has 3 aromatic rings. The molecule has 0 saturated carbocycles. The van der Waals surface area contributed by atoms with E-state index >= 15 is 0 Å². The fourth-order valence-electron chi connectivity index (χ4n) is 2.01. The topological polar surface area (TPSA) is 79.8 Å². The SMILES string of the molecule is CSc1ccccc1NC(=O)Cc1csc(Nc2ncccn2)n1. The zero-order valence-electron chi connectivity index (χ0n) is 12.9. The van der Waals surface area contributed by atoms with Gasteiger partial charge in [0.2, 0.25) is 11.9 Å². The van der Waals surface area contributed by atoms with Crippen molar-refractivity contribution >= 4 is 45.8 Å². The van der Waals surface area contributed by atoms with Gasteiger partial charge in [-0.2, -0.15) is 0 Å². The van der Waals surface area contributed by atoms with Crippen LogP contribution in [0.5, 0.6) is 0 Å². The first-order chi connectivity index (χ1) is 11.7. The van der Waals surface area contributed by atoms with E-state index in [1.54, 1.807) is 30.2 Å². The molecule has 0 aliphatic heterocycles. The molecular formula is C16H15N5OS2. The minimum atomic E-state index is -0.0932. The molecule has 0 saturated heterocycles. The monoisotopic (exact) mass is 357 g/mol. The Morgan fingerprint density at radius 2 is 2.00 bits per heavy atom. The summed E-state index contributed by atoms with van der Waals surface area (Å²) in [7, 11) is 0. The number of carbonyl (C=O) groups excluding carboxylic acids is 1. The summed E-state index contributed by atoms with van der Waals surface area (Å²) < 4.78 is 0. The van der Waals surface area contributed by atoms with Crippen LogP contribution in [0.25, 0.3) is 0 Å². The van der Waals surface area contributed by atoms with E-state index in [0.717, 1.165) is 10.6 Å². The van der Waals surface area contributed by atoms with E-state index in [1.165, 1.54) is 11.3 Å². The number of carbonyl (C=O) groups is 1. The van der Waals surface area contributed by atoms with Crippen molar-refractivity contribution in [2.75, 3.05) is 16.9 Å². The van der Waals surface area contributed by atoms with Crippen LogP contribution in [0.4, 0.5) is 16.8 Å². The van der Waals surface area contributed by atoms with Gasteiger partial charge in [0.05, 0.1) is 17.8 Å². The molecule has 0 radical (unpaired) electrons. The van der Waals surface area contributed by atoms with E-state index in [1.807, 2.05) is 35.9 Å². The molecule has 6 nitrogen and oxygen atoms in total. The van der Waals surface area contributed by atoms with Gasteiger partial charge < -0.3 is 10.6 Å². The van der Waals surface area contributed by atoms with Gasteiger partial charge in [-0.1, -0.05) is 12.1 Å². The van der Waals surface area contributed by atoms with Crippen LogP contribution in [0.15, 0.2) is 53.0 Å². The lowest BCUT2D eigenvalue weighted by Gasteiger charge is -2.08. The Kier molecular flexibility index (Phi) is 5.39. The highest BCUT2D eigenvalue weighted by molar-refractivity contribution is 7.98. The number of hydrogen-bond acceptors (Lipinski definition) is 7. The van der Waals surface area contributed by atoms with Crippen molar-refractivity contribution in [1.29, 1.82) is 0 Å². The molecule has 24 heavy (non-hydrogen) atoms. The van der Waals surface area contributed by atoms with Gasteiger partial charge in [-0.05, 0) is 24.5 Å². The lowest BCUT2D eigenvalue weighted by atomic mass is 10.3. The zero-order valence-corrected chi connectivity index (χ0v) is 14.5. The minimum absolute atomic E-state index is 0.0932. The van der Waals surface area contributed by atoms with Crippen molar-refractivity contribution in [3.8, 4) is 0 Å². The molecule has 2 aromatic heterocycles. The summed E-state index contributed by atoms with van der Waals surface area (Å²) in [6, 6.07) is 9.47. The Labute approximate surface area is 147 Å². The third-order valence-electron chi connectivity index (χ3n) is 3.06. The van der Waals surface area contributed by atoms with Gasteiger partial charge in [0.1, 0.15) is 0 Å². The average molecular weight is 357 g/mol. The van der Waals surface area contributed by atoms with Crippen LogP contribution in [-0.2, 0) is 11.2 Å². The Balaban J connectivity index is 1.61. The molecular weight excluding hydrogens is 342 g/mol. The highest BCUT2D eigenvalue weighted by atomic mass is 32.2. The first-order valence-corrected chi connectivity index (χ1v) is 9.26. The van der Waals surface area contributed by atoms with E-state index in [9.17, 15) is 4.79 Å². The van der Waals surface area contributed by atoms with Gasteiger partial charge in [-0.15, -0.1) is 23.1 Å². The van der Waals surface area contributed by atoms with Crippen LogP contribution in [0.2, 0.25) is 0 Å². The van der Waals surface area contributed by atoms with Crippen LogP contribution in [0.3, 0.4) is 0 Å². The number of anilines is 3. The maximum atomic E-state index is 12.2. The largest absolute Gasteiger partial charge is 0.325 e. The van der Waals surface area contributed by atoms with Crippen LogP contribution in [-0.4, -0.2) is 27.1 Å². The maximum Gasteiger partial charge on any atom is 0.230 e. The molecule has 8 heteroatoms. The van der Waals surface area contributed by atoms with Gasteiger partial charge in [0.25, 0.3) is 0 Å². The number of nitrogens with zero attached hydrogens (tertiary/aromatic N) is 3. The molecule has 0 spiro atoms. The van der Waals surface area contributed by atoms with Crippen LogP contribution >= 0.6 is 23.1 Å². The fraction of sp³-hybridized carbons (Fsp3) is 0.125. The van der Waals surface area contributed by atoms with Gasteiger partial charge in [-0.25, -0.2) is 15.0 Å². The van der Waals surface area contributed by atoms with Crippen molar-refractivity contribution in [2.45, 2.75) is 11.3 Å². The molecule has 0 unspecified atom stereocenters. The van der Waals surface area contributed by atoms with Crippen molar-refractivity contribution in [1.82, 2.24) is 15.0 Å². The smallest absolute Gasteiger partial charge is 0.230 e. The molecule has 1 aromatic carbocycles. The molecule has 2 N–H and O–H groups in total. The summed E-state index contributed by atoms with van der Waals surface area (Å²) in [6.07, 6.45) is 5.51. The number of aromatic nitrogens is 3. The van der Waals surface area contributed by atoms with Gasteiger partial charge >= 0.3 is 0 Å².